The summed E-state index contributed by atoms with van der Waals surface area (Å²) in [6, 6.07) is 0.821. The van der Waals surface area contributed by atoms with Crippen LogP contribution in [-0.2, 0) is 4.74 Å². The number of carbonyl (C=O) groups excluding carboxylic acids is 1. The number of carbonyl (C=O) groups is 1. The molecule has 3 fully saturated rings. The number of piperidine rings is 1. The number of hydrogen-bond donors (Lipinski definition) is 0. The third kappa shape index (κ3) is 4.69. The first kappa shape index (κ1) is 19.3. The fraction of sp³-hybridized carbons (Fsp3) is 0.850. The Balaban J connectivity index is 1.37. The molecule has 0 spiro atoms. The lowest BCUT2D eigenvalue weighted by molar-refractivity contribution is 0.0432. The van der Waals surface area contributed by atoms with Crippen molar-refractivity contribution in [2.24, 2.45) is 5.92 Å². The summed E-state index contributed by atoms with van der Waals surface area (Å²) in [4.78, 5) is 18.6. The molecule has 4 rings (SSSR count). The van der Waals surface area contributed by atoms with Crippen molar-refractivity contribution in [3.8, 4) is 0 Å². The highest BCUT2D eigenvalue weighted by Gasteiger charge is 2.31. The number of rotatable bonds is 6. The standard InChI is InChI=1S/C20H32N4O2S/c1-15-19(27-22-21-15)20(25)24(14-18-7-4-12-26-18)13-16-8-10-23(11-9-16)17-5-2-3-6-17/h16-18H,2-14H2,1H3/t18-/m1/s1. The second-order valence-corrected chi connectivity index (χ2v) is 9.20. The first-order valence-corrected chi connectivity index (χ1v) is 11.4. The summed E-state index contributed by atoms with van der Waals surface area (Å²) in [6.07, 6.45) is 10.3. The van der Waals surface area contributed by atoms with E-state index in [1.807, 2.05) is 11.8 Å². The molecule has 1 aromatic rings. The van der Waals surface area contributed by atoms with E-state index < -0.39 is 0 Å². The highest BCUT2D eigenvalue weighted by atomic mass is 32.1. The van der Waals surface area contributed by atoms with Crippen LogP contribution in [0.4, 0.5) is 0 Å². The second-order valence-electron chi connectivity index (χ2n) is 8.45. The van der Waals surface area contributed by atoms with Gasteiger partial charge in [-0.15, -0.1) is 5.10 Å². The Bertz CT molecular complexity index is 617. The molecule has 27 heavy (non-hydrogen) atoms. The Morgan fingerprint density at radius 3 is 2.56 bits per heavy atom. The van der Waals surface area contributed by atoms with Gasteiger partial charge in [-0.05, 0) is 76.0 Å². The van der Waals surface area contributed by atoms with Crippen molar-refractivity contribution in [1.29, 1.82) is 0 Å². The number of ether oxygens (including phenoxy) is 1. The summed E-state index contributed by atoms with van der Waals surface area (Å²) in [7, 11) is 0. The molecule has 1 atom stereocenters. The fourth-order valence-corrected chi connectivity index (χ4v) is 5.55. The van der Waals surface area contributed by atoms with Gasteiger partial charge in [-0.1, -0.05) is 17.3 Å². The average molecular weight is 393 g/mol. The van der Waals surface area contributed by atoms with E-state index in [4.69, 9.17) is 4.74 Å². The fourth-order valence-electron chi connectivity index (χ4n) is 4.93. The molecule has 150 valence electrons. The summed E-state index contributed by atoms with van der Waals surface area (Å²) in [5, 5.41) is 4.04. The minimum absolute atomic E-state index is 0.0937. The van der Waals surface area contributed by atoms with Gasteiger partial charge in [0.1, 0.15) is 4.88 Å². The molecule has 1 amide bonds. The number of aryl methyl sites for hydroxylation is 1. The van der Waals surface area contributed by atoms with Gasteiger partial charge in [0.05, 0.1) is 11.8 Å². The summed E-state index contributed by atoms with van der Waals surface area (Å²) in [6.45, 7) is 6.64. The van der Waals surface area contributed by atoms with Crippen LogP contribution >= 0.6 is 11.5 Å². The van der Waals surface area contributed by atoms with Crippen molar-refractivity contribution in [3.05, 3.63) is 10.6 Å². The maximum absolute atomic E-state index is 13.2. The van der Waals surface area contributed by atoms with E-state index >= 15 is 0 Å². The molecule has 1 saturated carbocycles. The van der Waals surface area contributed by atoms with Crippen molar-refractivity contribution in [3.63, 3.8) is 0 Å². The van der Waals surface area contributed by atoms with Crippen LogP contribution in [0.25, 0.3) is 0 Å². The smallest absolute Gasteiger partial charge is 0.267 e. The molecule has 3 heterocycles. The van der Waals surface area contributed by atoms with Crippen molar-refractivity contribution >= 4 is 17.4 Å². The maximum Gasteiger partial charge on any atom is 0.267 e. The quantitative estimate of drug-likeness (QED) is 0.744. The zero-order valence-electron chi connectivity index (χ0n) is 16.4. The third-order valence-corrected chi connectivity index (χ3v) is 7.37. The number of amides is 1. The Hall–Kier alpha value is -1.05. The highest BCUT2D eigenvalue weighted by Crippen LogP contribution is 2.29. The number of nitrogens with zero attached hydrogens (tertiary/aromatic N) is 4. The van der Waals surface area contributed by atoms with Crippen LogP contribution < -0.4 is 0 Å². The van der Waals surface area contributed by atoms with Crippen molar-refractivity contribution in [2.45, 2.75) is 70.4 Å². The van der Waals surface area contributed by atoms with E-state index in [1.54, 1.807) is 0 Å². The molecule has 2 aliphatic heterocycles. The van der Waals surface area contributed by atoms with E-state index in [9.17, 15) is 4.79 Å². The molecule has 3 aliphatic rings. The van der Waals surface area contributed by atoms with Gasteiger partial charge in [0.15, 0.2) is 0 Å². The van der Waals surface area contributed by atoms with Crippen LogP contribution in [0.2, 0.25) is 0 Å². The van der Waals surface area contributed by atoms with Crippen molar-refractivity contribution in [1.82, 2.24) is 19.4 Å². The molecule has 1 aliphatic carbocycles. The van der Waals surface area contributed by atoms with Crippen LogP contribution in [-0.4, -0.2) is 70.2 Å². The maximum atomic E-state index is 13.2. The number of aromatic nitrogens is 2. The first-order valence-electron chi connectivity index (χ1n) is 10.6. The van der Waals surface area contributed by atoms with Crippen LogP contribution in [0, 0.1) is 12.8 Å². The van der Waals surface area contributed by atoms with Crippen LogP contribution in [0.5, 0.6) is 0 Å². The van der Waals surface area contributed by atoms with Crippen molar-refractivity contribution < 1.29 is 9.53 Å². The minimum atomic E-state index is 0.0937. The van der Waals surface area contributed by atoms with E-state index in [0.29, 0.717) is 17.3 Å². The lowest BCUT2D eigenvalue weighted by Gasteiger charge is -2.38. The SMILES string of the molecule is Cc1nnsc1C(=O)N(CC1CCN(C2CCCC2)CC1)C[C@H]1CCCO1. The van der Waals surface area contributed by atoms with Gasteiger partial charge in [0.2, 0.25) is 0 Å². The van der Waals surface area contributed by atoms with E-state index in [1.165, 1.54) is 63.1 Å². The minimum Gasteiger partial charge on any atom is -0.376 e. The molecule has 6 nitrogen and oxygen atoms in total. The predicted octanol–water partition coefficient (Wildman–Crippen LogP) is 3.12. The summed E-state index contributed by atoms with van der Waals surface area (Å²) in [5.41, 5.74) is 0.749. The van der Waals surface area contributed by atoms with Gasteiger partial charge in [0, 0.05) is 25.7 Å². The highest BCUT2D eigenvalue weighted by molar-refractivity contribution is 7.07. The van der Waals surface area contributed by atoms with Crippen LogP contribution in [0.1, 0.15) is 66.7 Å². The van der Waals surface area contributed by atoms with Gasteiger partial charge < -0.3 is 14.5 Å². The predicted molar refractivity (Wildman–Crippen MR) is 106 cm³/mol. The molecule has 0 unspecified atom stereocenters. The molecule has 0 aromatic carbocycles. The molecule has 7 heteroatoms. The molecule has 0 N–H and O–H groups in total. The van der Waals surface area contributed by atoms with Crippen LogP contribution in [0.15, 0.2) is 0 Å². The van der Waals surface area contributed by atoms with E-state index in [0.717, 1.165) is 37.7 Å². The molecule has 0 bridgehead atoms. The first-order chi connectivity index (χ1) is 13.2. The Kier molecular flexibility index (Phi) is 6.40. The van der Waals surface area contributed by atoms with Gasteiger partial charge in [-0.3, -0.25) is 4.79 Å². The zero-order valence-corrected chi connectivity index (χ0v) is 17.3. The Morgan fingerprint density at radius 1 is 1.15 bits per heavy atom. The van der Waals surface area contributed by atoms with Crippen molar-refractivity contribution in [2.75, 3.05) is 32.8 Å². The molecule has 2 saturated heterocycles. The van der Waals surface area contributed by atoms with Gasteiger partial charge >= 0.3 is 0 Å². The number of likely N-dealkylation sites (tertiary alicyclic amines) is 1. The average Bonchev–Trinajstić information content (AvgIpc) is 3.44. The normalized spacial score (nSPS) is 25.3. The Morgan fingerprint density at radius 2 is 1.93 bits per heavy atom. The molecular weight excluding hydrogens is 360 g/mol. The van der Waals surface area contributed by atoms with Gasteiger partial charge in [-0.2, -0.15) is 0 Å². The number of hydrogen-bond acceptors (Lipinski definition) is 6. The lowest BCUT2D eigenvalue weighted by Crippen LogP contribution is -2.45. The summed E-state index contributed by atoms with van der Waals surface area (Å²) < 4.78 is 9.79. The zero-order chi connectivity index (χ0) is 18.6. The molecular formula is C20H32N4O2S. The summed E-state index contributed by atoms with van der Waals surface area (Å²) in [5.74, 6) is 0.686. The molecule has 0 radical (unpaired) electrons. The Labute approximate surface area is 166 Å². The largest absolute Gasteiger partial charge is 0.376 e. The monoisotopic (exact) mass is 392 g/mol. The summed E-state index contributed by atoms with van der Waals surface area (Å²) >= 11 is 1.22. The van der Waals surface area contributed by atoms with Gasteiger partial charge in [0.25, 0.3) is 5.91 Å². The van der Waals surface area contributed by atoms with E-state index in [2.05, 4.69) is 14.5 Å². The lowest BCUT2D eigenvalue weighted by atomic mass is 9.94. The van der Waals surface area contributed by atoms with Gasteiger partial charge in [-0.25, -0.2) is 0 Å². The second kappa shape index (κ2) is 8.97. The van der Waals surface area contributed by atoms with E-state index in [-0.39, 0.29) is 12.0 Å². The van der Waals surface area contributed by atoms with Crippen LogP contribution in [0.3, 0.4) is 0 Å². The topological polar surface area (TPSA) is 58.6 Å². The third-order valence-electron chi connectivity index (χ3n) is 6.55. The molecule has 1 aromatic heterocycles.